The molecule has 20 heavy (non-hydrogen) atoms. The van der Waals surface area contributed by atoms with Crippen molar-refractivity contribution < 1.29 is 9.90 Å². The van der Waals surface area contributed by atoms with E-state index >= 15 is 0 Å². The topological polar surface area (TPSA) is 63.3 Å². The van der Waals surface area contributed by atoms with Crippen molar-refractivity contribution in [2.45, 2.75) is 17.1 Å². The Hall–Kier alpha value is -1.65. The van der Waals surface area contributed by atoms with Crippen LogP contribution < -0.4 is 5.73 Å². The van der Waals surface area contributed by atoms with Crippen LogP contribution in [0.5, 0.6) is 0 Å². The van der Waals surface area contributed by atoms with Crippen LogP contribution in [0.1, 0.15) is 11.1 Å². The second-order valence-electron chi connectivity index (χ2n) is 4.37. The zero-order valence-electron chi connectivity index (χ0n) is 10.7. The molecule has 0 aromatic heterocycles. The highest BCUT2D eigenvalue weighted by Gasteiger charge is 2.04. The number of nitrogens with two attached hydrogens (primary N) is 1. The van der Waals surface area contributed by atoms with Crippen LogP contribution in [0.15, 0.2) is 47.4 Å². The third-order valence-corrected chi connectivity index (χ3v) is 4.30. The van der Waals surface area contributed by atoms with Gasteiger partial charge in [0, 0.05) is 16.3 Å². The van der Waals surface area contributed by atoms with Gasteiger partial charge in [0.25, 0.3) is 0 Å². The first-order valence-corrected chi connectivity index (χ1v) is 7.38. The maximum atomic E-state index is 10.6. The van der Waals surface area contributed by atoms with Gasteiger partial charge in [-0.25, -0.2) is 0 Å². The highest BCUT2D eigenvalue weighted by atomic mass is 35.5. The zero-order chi connectivity index (χ0) is 14.5. The molecule has 0 aliphatic rings. The molecule has 0 radical (unpaired) electrons. The molecule has 0 aliphatic heterocycles. The van der Waals surface area contributed by atoms with Crippen molar-refractivity contribution >= 4 is 35.0 Å². The summed E-state index contributed by atoms with van der Waals surface area (Å²) in [5, 5.41) is 9.36. The molecule has 0 saturated heterocycles. The fourth-order valence-corrected chi connectivity index (χ4v) is 2.95. The molecule has 5 heteroatoms. The van der Waals surface area contributed by atoms with Gasteiger partial charge in [-0.1, -0.05) is 35.9 Å². The van der Waals surface area contributed by atoms with Gasteiger partial charge >= 0.3 is 5.97 Å². The largest absolute Gasteiger partial charge is 0.481 e. The van der Waals surface area contributed by atoms with Gasteiger partial charge in [-0.3, -0.25) is 4.79 Å². The van der Waals surface area contributed by atoms with Crippen LogP contribution in [-0.4, -0.2) is 11.1 Å². The van der Waals surface area contributed by atoms with Crippen LogP contribution in [0.25, 0.3) is 0 Å². The van der Waals surface area contributed by atoms with Crippen molar-refractivity contribution in [3.8, 4) is 0 Å². The van der Waals surface area contributed by atoms with Crippen LogP contribution >= 0.6 is 23.4 Å². The molecule has 0 aliphatic carbocycles. The van der Waals surface area contributed by atoms with E-state index in [0.717, 1.165) is 21.8 Å². The lowest BCUT2D eigenvalue weighted by Gasteiger charge is -2.06. The first-order chi connectivity index (χ1) is 9.54. The van der Waals surface area contributed by atoms with Crippen LogP contribution in [0.4, 0.5) is 5.69 Å². The van der Waals surface area contributed by atoms with Crippen molar-refractivity contribution in [3.63, 3.8) is 0 Å². The van der Waals surface area contributed by atoms with Gasteiger partial charge in [0.1, 0.15) is 0 Å². The number of aliphatic carboxylic acids is 1. The summed E-state index contributed by atoms with van der Waals surface area (Å²) in [5.41, 5.74) is 8.22. The lowest BCUT2D eigenvalue weighted by atomic mass is 10.1. The third kappa shape index (κ3) is 4.18. The van der Waals surface area contributed by atoms with Crippen LogP contribution in [0.2, 0.25) is 5.02 Å². The normalized spacial score (nSPS) is 10.4. The van der Waals surface area contributed by atoms with E-state index < -0.39 is 5.97 Å². The van der Waals surface area contributed by atoms with E-state index in [2.05, 4.69) is 0 Å². The molecule has 0 bridgehead atoms. The number of carbonyl (C=O) groups is 1. The number of nitrogen functional groups attached to an aromatic ring is 1. The molecule has 0 amide bonds. The molecule has 104 valence electrons. The number of carboxylic acid groups (broad SMARTS) is 1. The molecule has 0 unspecified atom stereocenters. The number of rotatable bonds is 5. The highest BCUT2D eigenvalue weighted by molar-refractivity contribution is 7.98. The minimum atomic E-state index is -0.819. The number of carboxylic acids is 1. The summed E-state index contributed by atoms with van der Waals surface area (Å²) in [6.07, 6.45) is 0.0528. The zero-order valence-corrected chi connectivity index (χ0v) is 12.2. The molecule has 0 spiro atoms. The smallest absolute Gasteiger partial charge is 0.307 e. The minimum Gasteiger partial charge on any atom is -0.481 e. The Balaban J connectivity index is 1.98. The van der Waals surface area contributed by atoms with E-state index in [1.54, 1.807) is 17.8 Å². The van der Waals surface area contributed by atoms with Crippen molar-refractivity contribution in [1.29, 1.82) is 0 Å². The predicted octanol–water partition coefficient (Wildman–Crippen LogP) is 3.84. The summed E-state index contributed by atoms with van der Waals surface area (Å²) < 4.78 is 0. The molecule has 0 atom stereocenters. The number of benzene rings is 2. The lowest BCUT2D eigenvalue weighted by Crippen LogP contribution is -1.99. The summed E-state index contributed by atoms with van der Waals surface area (Å²) >= 11 is 7.74. The summed E-state index contributed by atoms with van der Waals surface area (Å²) in [4.78, 5) is 11.6. The molecule has 0 heterocycles. The Morgan fingerprint density at radius 1 is 1.15 bits per heavy atom. The van der Waals surface area contributed by atoms with Crippen molar-refractivity contribution in [2.75, 3.05) is 5.73 Å². The van der Waals surface area contributed by atoms with E-state index in [-0.39, 0.29) is 6.42 Å². The standard InChI is InChI=1S/C15H14ClNO2S/c16-13-8-12(17)5-6-14(13)20-9-11-3-1-10(2-4-11)7-15(18)19/h1-6,8H,7,9,17H2,(H,18,19). The molecule has 2 rings (SSSR count). The molecular formula is C15H14ClNO2S. The van der Waals surface area contributed by atoms with E-state index in [4.69, 9.17) is 22.4 Å². The van der Waals surface area contributed by atoms with Gasteiger partial charge in [-0.15, -0.1) is 11.8 Å². The Kier molecular flexibility index (Phi) is 4.93. The molecule has 2 aromatic carbocycles. The summed E-state index contributed by atoms with van der Waals surface area (Å²) in [6.45, 7) is 0. The van der Waals surface area contributed by atoms with Crippen LogP contribution in [0.3, 0.4) is 0 Å². The number of hydrogen-bond acceptors (Lipinski definition) is 3. The van der Waals surface area contributed by atoms with Crippen LogP contribution in [0, 0.1) is 0 Å². The maximum absolute atomic E-state index is 10.6. The second-order valence-corrected chi connectivity index (χ2v) is 5.79. The summed E-state index contributed by atoms with van der Waals surface area (Å²) in [5.74, 6) is -0.0439. The number of thioether (sulfide) groups is 1. The van der Waals surface area contributed by atoms with Crippen molar-refractivity contribution in [3.05, 3.63) is 58.6 Å². The number of anilines is 1. The van der Waals surface area contributed by atoms with Gasteiger partial charge in [0.05, 0.1) is 11.4 Å². The lowest BCUT2D eigenvalue weighted by molar-refractivity contribution is -0.136. The first kappa shape index (κ1) is 14.8. The van der Waals surface area contributed by atoms with E-state index in [1.165, 1.54) is 0 Å². The van der Waals surface area contributed by atoms with E-state index in [1.807, 2.05) is 36.4 Å². The average Bonchev–Trinajstić information content (AvgIpc) is 2.39. The molecule has 3 N–H and O–H groups in total. The monoisotopic (exact) mass is 307 g/mol. The number of halogens is 1. The summed E-state index contributed by atoms with van der Waals surface area (Å²) in [7, 11) is 0. The van der Waals surface area contributed by atoms with E-state index in [9.17, 15) is 4.79 Å². The molecule has 3 nitrogen and oxygen atoms in total. The van der Waals surface area contributed by atoms with Gasteiger partial charge in [-0.05, 0) is 29.3 Å². The van der Waals surface area contributed by atoms with Crippen molar-refractivity contribution in [1.82, 2.24) is 0 Å². The van der Waals surface area contributed by atoms with E-state index in [0.29, 0.717) is 10.7 Å². The molecular weight excluding hydrogens is 294 g/mol. The SMILES string of the molecule is Nc1ccc(SCc2ccc(CC(=O)O)cc2)c(Cl)c1. The average molecular weight is 308 g/mol. The maximum Gasteiger partial charge on any atom is 0.307 e. The first-order valence-electron chi connectivity index (χ1n) is 6.02. The number of hydrogen-bond donors (Lipinski definition) is 2. The molecule has 0 fully saturated rings. The Morgan fingerprint density at radius 2 is 1.80 bits per heavy atom. The predicted molar refractivity (Wildman–Crippen MR) is 83.2 cm³/mol. The Bertz CT molecular complexity index is 614. The highest BCUT2D eigenvalue weighted by Crippen LogP contribution is 2.31. The van der Waals surface area contributed by atoms with Gasteiger partial charge in [0.2, 0.25) is 0 Å². The fourth-order valence-electron chi connectivity index (χ4n) is 1.72. The minimum absolute atomic E-state index is 0.0528. The fraction of sp³-hybridized carbons (Fsp3) is 0.133. The summed E-state index contributed by atoms with van der Waals surface area (Å²) in [6, 6.07) is 13.0. The van der Waals surface area contributed by atoms with Crippen LogP contribution in [-0.2, 0) is 17.0 Å². The third-order valence-electron chi connectivity index (χ3n) is 2.73. The van der Waals surface area contributed by atoms with Crippen molar-refractivity contribution in [2.24, 2.45) is 0 Å². The van der Waals surface area contributed by atoms with Gasteiger partial charge in [-0.2, -0.15) is 0 Å². The molecule has 0 saturated carbocycles. The van der Waals surface area contributed by atoms with Gasteiger partial charge in [0.15, 0.2) is 0 Å². The Labute approximate surface area is 126 Å². The Morgan fingerprint density at radius 3 is 2.40 bits per heavy atom. The van der Waals surface area contributed by atoms with Gasteiger partial charge < -0.3 is 10.8 Å². The molecule has 2 aromatic rings. The quantitative estimate of drug-likeness (QED) is 0.650. The second kappa shape index (κ2) is 6.68.